The van der Waals surface area contributed by atoms with Crippen molar-refractivity contribution in [3.05, 3.63) is 53.6 Å². The van der Waals surface area contributed by atoms with Crippen LogP contribution in [0.5, 0.6) is 11.5 Å². The lowest BCUT2D eigenvalue weighted by Crippen LogP contribution is -2.64. The van der Waals surface area contributed by atoms with E-state index in [1.807, 2.05) is 0 Å². The molecule has 1 unspecified atom stereocenters. The number of nitrogens with one attached hydrogen (secondary N) is 2. The summed E-state index contributed by atoms with van der Waals surface area (Å²) in [5.41, 5.74) is 0.00396. The van der Waals surface area contributed by atoms with Crippen LogP contribution >= 0.6 is 0 Å². The van der Waals surface area contributed by atoms with E-state index in [2.05, 4.69) is 10.6 Å². The van der Waals surface area contributed by atoms with E-state index in [0.29, 0.717) is 5.56 Å². The number of Topliss-reactive ketones (excluding diaryl/α,β-unsaturated/α-hetero) is 1. The number of ether oxygens (including phenoxy) is 3. The Kier molecular flexibility index (Phi) is 7.76. The second-order valence-corrected chi connectivity index (χ2v) is 7.57. The third kappa shape index (κ3) is 5.61. The van der Waals surface area contributed by atoms with Gasteiger partial charge in [0, 0.05) is 32.7 Å². The highest BCUT2D eigenvalue weighted by Gasteiger charge is 2.48. The number of methoxy groups -OCH3 is 1. The number of carbonyl (C=O) groups excluding carboxylic acids is 3. The summed E-state index contributed by atoms with van der Waals surface area (Å²) in [4.78, 5) is 51.0. The standard InChI is InChI=1S/C23H25N3O9/c1-26(20(29)14-6-4-3-5-7-14)11-10-16(27)18-17-9-8-15(19(18)28)24-23(35-17,21(30)31)25-22(32)34-13-12-33-2/h3-9,24,28H,10-13H2,1-2H3,(H,25,32)(H,30,31). The molecule has 2 bridgehead atoms. The van der Waals surface area contributed by atoms with Crippen LogP contribution in [0.3, 0.4) is 0 Å². The Balaban J connectivity index is 1.76. The first-order chi connectivity index (χ1) is 16.7. The van der Waals surface area contributed by atoms with Crippen LogP contribution in [0.25, 0.3) is 0 Å². The molecule has 2 amide bonds. The number of carboxylic acid groups (broad SMARTS) is 1. The number of benzene rings is 2. The molecule has 2 heterocycles. The van der Waals surface area contributed by atoms with Crippen molar-refractivity contribution in [1.82, 2.24) is 10.2 Å². The monoisotopic (exact) mass is 487 g/mol. The minimum absolute atomic E-state index is 0.0250. The van der Waals surface area contributed by atoms with Crippen LogP contribution in [0, 0.1) is 0 Å². The van der Waals surface area contributed by atoms with E-state index in [4.69, 9.17) is 14.2 Å². The van der Waals surface area contributed by atoms with Crippen LogP contribution in [0.2, 0.25) is 0 Å². The van der Waals surface area contributed by atoms with Gasteiger partial charge in [0.15, 0.2) is 11.5 Å². The van der Waals surface area contributed by atoms with Crippen molar-refractivity contribution in [2.24, 2.45) is 0 Å². The van der Waals surface area contributed by atoms with Crippen molar-refractivity contribution in [3.8, 4) is 11.5 Å². The predicted molar refractivity (Wildman–Crippen MR) is 121 cm³/mol. The second kappa shape index (κ2) is 10.7. The molecule has 2 aliphatic rings. The van der Waals surface area contributed by atoms with Gasteiger partial charge >= 0.3 is 17.9 Å². The fourth-order valence-electron chi connectivity index (χ4n) is 3.31. The highest BCUT2D eigenvalue weighted by atomic mass is 16.6. The van der Waals surface area contributed by atoms with E-state index in [1.54, 1.807) is 30.3 Å². The first kappa shape index (κ1) is 25.3. The van der Waals surface area contributed by atoms with Gasteiger partial charge in [-0.2, -0.15) is 0 Å². The average molecular weight is 487 g/mol. The number of phenols is 1. The van der Waals surface area contributed by atoms with Gasteiger partial charge in [-0.25, -0.2) is 9.59 Å². The Labute approximate surface area is 200 Å². The minimum atomic E-state index is -2.56. The lowest BCUT2D eigenvalue weighted by atomic mass is 10.0. The number of carbonyl (C=O) groups is 4. The number of anilines is 1. The molecular formula is C23H25N3O9. The summed E-state index contributed by atoms with van der Waals surface area (Å²) >= 11 is 0. The first-order valence-electron chi connectivity index (χ1n) is 10.5. The molecule has 186 valence electrons. The molecule has 0 aromatic heterocycles. The van der Waals surface area contributed by atoms with Crippen LogP contribution in [-0.2, 0) is 14.3 Å². The minimum Gasteiger partial charge on any atom is -0.505 e. The highest BCUT2D eigenvalue weighted by molar-refractivity contribution is 6.04. The zero-order chi connectivity index (χ0) is 25.6. The van der Waals surface area contributed by atoms with E-state index < -0.39 is 29.4 Å². The van der Waals surface area contributed by atoms with Crippen molar-refractivity contribution in [2.75, 3.05) is 39.2 Å². The topological polar surface area (TPSA) is 164 Å². The number of aromatic hydroxyl groups is 1. The maximum Gasteiger partial charge on any atom is 0.412 e. The van der Waals surface area contributed by atoms with Crippen LogP contribution in [0.15, 0.2) is 42.5 Å². The Morgan fingerprint density at radius 1 is 1.11 bits per heavy atom. The van der Waals surface area contributed by atoms with Gasteiger partial charge in [0.25, 0.3) is 5.91 Å². The predicted octanol–water partition coefficient (Wildman–Crippen LogP) is 1.65. The van der Waals surface area contributed by atoms with Gasteiger partial charge in [-0.15, -0.1) is 0 Å². The van der Waals surface area contributed by atoms with Crippen LogP contribution in [-0.4, -0.2) is 78.6 Å². The lowest BCUT2D eigenvalue weighted by Gasteiger charge is -2.29. The average Bonchev–Trinajstić information content (AvgIpc) is 3.09. The van der Waals surface area contributed by atoms with Crippen LogP contribution in [0.4, 0.5) is 10.5 Å². The second-order valence-electron chi connectivity index (χ2n) is 7.57. The molecule has 4 rings (SSSR count). The van der Waals surface area contributed by atoms with E-state index >= 15 is 0 Å². The summed E-state index contributed by atoms with van der Waals surface area (Å²) in [5.74, 6) is -5.94. The number of aliphatic carboxylic acids is 1. The van der Waals surface area contributed by atoms with Gasteiger partial charge in [-0.3, -0.25) is 14.9 Å². The molecule has 4 N–H and O–H groups in total. The number of phenolic OH excluding ortho intramolecular Hbond substituents is 1. The molecule has 12 nitrogen and oxygen atoms in total. The van der Waals surface area contributed by atoms with E-state index in [9.17, 15) is 29.4 Å². The fraction of sp³-hybridized carbons (Fsp3) is 0.304. The largest absolute Gasteiger partial charge is 0.505 e. The van der Waals surface area contributed by atoms with Crippen molar-refractivity contribution in [1.29, 1.82) is 0 Å². The van der Waals surface area contributed by atoms with Gasteiger partial charge in [-0.05, 0) is 24.3 Å². The summed E-state index contributed by atoms with van der Waals surface area (Å²) < 4.78 is 15.1. The van der Waals surface area contributed by atoms with Crippen molar-refractivity contribution in [2.45, 2.75) is 12.3 Å². The molecule has 0 aliphatic carbocycles. The molecule has 0 saturated carbocycles. The Morgan fingerprint density at radius 2 is 1.83 bits per heavy atom. The number of fused-ring (bicyclic) bond motifs is 4. The Hall–Kier alpha value is -4.32. The summed E-state index contributed by atoms with van der Waals surface area (Å²) in [7, 11) is 2.93. The zero-order valence-corrected chi connectivity index (χ0v) is 19.1. The zero-order valence-electron chi connectivity index (χ0n) is 19.1. The first-order valence-corrected chi connectivity index (χ1v) is 10.5. The Bertz CT molecular complexity index is 1120. The van der Waals surface area contributed by atoms with Gasteiger partial charge in [-0.1, -0.05) is 18.2 Å². The number of alkyl carbamates (subject to hydrolysis) is 1. The quantitative estimate of drug-likeness (QED) is 0.220. The maximum atomic E-state index is 13.0. The number of carboxylic acids is 1. The molecule has 0 saturated heterocycles. The molecule has 35 heavy (non-hydrogen) atoms. The number of hydrogen-bond acceptors (Lipinski definition) is 9. The van der Waals surface area contributed by atoms with Crippen molar-refractivity contribution in [3.63, 3.8) is 0 Å². The maximum absolute atomic E-state index is 13.0. The van der Waals surface area contributed by atoms with E-state index in [0.717, 1.165) is 0 Å². The fourth-order valence-corrected chi connectivity index (χ4v) is 3.31. The third-order valence-electron chi connectivity index (χ3n) is 5.13. The summed E-state index contributed by atoms with van der Waals surface area (Å²) in [5, 5.41) is 24.9. The molecule has 12 heteroatoms. The molecular weight excluding hydrogens is 462 g/mol. The van der Waals surface area contributed by atoms with Crippen molar-refractivity contribution < 1.29 is 43.6 Å². The number of ketones is 1. The number of hydrogen-bond donors (Lipinski definition) is 4. The van der Waals surface area contributed by atoms with Gasteiger partial charge in [0.1, 0.15) is 17.9 Å². The summed E-state index contributed by atoms with van der Waals surface area (Å²) in [6.45, 7) is -0.0383. The molecule has 0 radical (unpaired) electrons. The molecule has 1 atom stereocenters. The smallest absolute Gasteiger partial charge is 0.412 e. The van der Waals surface area contributed by atoms with Gasteiger partial charge in [0.2, 0.25) is 0 Å². The third-order valence-corrected chi connectivity index (χ3v) is 5.13. The molecule has 2 aromatic rings. The summed E-state index contributed by atoms with van der Waals surface area (Å²) in [6, 6.07) is 11.1. The van der Waals surface area contributed by atoms with Crippen LogP contribution < -0.4 is 15.4 Å². The van der Waals surface area contributed by atoms with E-state index in [1.165, 1.54) is 31.2 Å². The lowest BCUT2D eigenvalue weighted by molar-refractivity contribution is -0.155. The van der Waals surface area contributed by atoms with Crippen LogP contribution in [0.1, 0.15) is 27.1 Å². The van der Waals surface area contributed by atoms with Gasteiger partial charge in [0.05, 0.1) is 12.3 Å². The number of amides is 2. The summed E-state index contributed by atoms with van der Waals surface area (Å²) in [6.07, 6.45) is -1.32. The van der Waals surface area contributed by atoms with Crippen molar-refractivity contribution >= 4 is 29.4 Å². The molecule has 2 aromatic carbocycles. The van der Waals surface area contributed by atoms with E-state index in [-0.39, 0.29) is 49.1 Å². The molecule has 2 aliphatic heterocycles. The highest BCUT2D eigenvalue weighted by Crippen LogP contribution is 2.41. The van der Waals surface area contributed by atoms with Gasteiger partial charge < -0.3 is 34.6 Å². The molecule has 0 spiro atoms. The number of rotatable bonds is 10. The SMILES string of the molecule is COCCOC(=O)NC1(C(=O)O)Nc2ccc(c(C(=O)CCN(C)C(=O)c3ccccc3)c2O)O1. The number of nitrogens with zero attached hydrogens (tertiary/aromatic N) is 1. The normalized spacial score (nSPS) is 15.8. The molecule has 0 fully saturated rings. The Morgan fingerprint density at radius 3 is 2.49 bits per heavy atom.